The molecule has 0 bridgehead atoms. The molecule has 1 aromatic carbocycles. The second-order valence-electron chi connectivity index (χ2n) is 4.50. The van der Waals surface area contributed by atoms with E-state index in [1.807, 2.05) is 18.2 Å². The van der Waals surface area contributed by atoms with Gasteiger partial charge in [0.05, 0.1) is 5.75 Å². The lowest BCUT2D eigenvalue weighted by Gasteiger charge is -2.31. The summed E-state index contributed by atoms with van der Waals surface area (Å²) in [6, 6.07) is 9.03. The molecule has 0 saturated carbocycles. The highest BCUT2D eigenvalue weighted by Gasteiger charge is 2.38. The lowest BCUT2D eigenvalue weighted by Crippen LogP contribution is -2.46. The average Bonchev–Trinajstić information content (AvgIpc) is 2.39. The monoisotopic (exact) mass is 316 g/mol. The van der Waals surface area contributed by atoms with E-state index < -0.39 is 15.8 Å². The fraction of sp³-hybridized carbons (Fsp3) is 0.600. The van der Waals surface area contributed by atoms with Gasteiger partial charge in [-0.1, -0.05) is 30.3 Å². The van der Waals surface area contributed by atoms with Gasteiger partial charge in [-0.15, -0.1) is 0 Å². The SMILES string of the molecule is CCOC(CS(=O)(=O)Cc1ccccc1)(OCC)OCC. The van der Waals surface area contributed by atoms with Crippen LogP contribution in [0.25, 0.3) is 0 Å². The van der Waals surface area contributed by atoms with Crippen molar-refractivity contribution in [1.82, 2.24) is 0 Å². The Morgan fingerprint density at radius 2 is 1.38 bits per heavy atom. The van der Waals surface area contributed by atoms with E-state index in [1.165, 1.54) is 0 Å². The summed E-state index contributed by atoms with van der Waals surface area (Å²) in [6.07, 6.45) is 0. The first kappa shape index (κ1) is 18.1. The Morgan fingerprint density at radius 1 is 0.905 bits per heavy atom. The number of benzene rings is 1. The molecule has 5 nitrogen and oxygen atoms in total. The summed E-state index contributed by atoms with van der Waals surface area (Å²) in [7, 11) is -3.43. The van der Waals surface area contributed by atoms with E-state index in [0.29, 0.717) is 19.8 Å². The molecular weight excluding hydrogens is 292 g/mol. The van der Waals surface area contributed by atoms with Crippen molar-refractivity contribution in [2.75, 3.05) is 25.6 Å². The fourth-order valence-electron chi connectivity index (χ4n) is 2.06. The van der Waals surface area contributed by atoms with Crippen molar-refractivity contribution < 1.29 is 22.6 Å². The van der Waals surface area contributed by atoms with Crippen LogP contribution in [0.5, 0.6) is 0 Å². The number of ether oxygens (including phenoxy) is 3. The van der Waals surface area contributed by atoms with Crippen LogP contribution in [0.2, 0.25) is 0 Å². The van der Waals surface area contributed by atoms with Crippen LogP contribution in [0, 0.1) is 0 Å². The number of rotatable bonds is 10. The van der Waals surface area contributed by atoms with Gasteiger partial charge in [-0.05, 0) is 26.3 Å². The zero-order valence-corrected chi connectivity index (χ0v) is 13.7. The molecule has 1 aromatic rings. The second kappa shape index (κ2) is 8.48. The molecule has 0 heterocycles. The van der Waals surface area contributed by atoms with Crippen LogP contribution in [-0.4, -0.2) is 40.0 Å². The molecule has 0 amide bonds. The molecule has 6 heteroatoms. The minimum atomic E-state index is -3.43. The molecule has 21 heavy (non-hydrogen) atoms. The van der Waals surface area contributed by atoms with Gasteiger partial charge >= 0.3 is 0 Å². The standard InChI is InChI=1S/C15H24O5S/c1-4-18-15(19-5-2,20-6-3)13-21(16,17)12-14-10-8-7-9-11-14/h7-11H,4-6,12-13H2,1-3H3. The van der Waals surface area contributed by atoms with E-state index >= 15 is 0 Å². The summed E-state index contributed by atoms with van der Waals surface area (Å²) < 4.78 is 41.2. The second-order valence-corrected chi connectivity index (χ2v) is 6.56. The van der Waals surface area contributed by atoms with E-state index in [4.69, 9.17) is 14.2 Å². The maximum Gasteiger partial charge on any atom is 0.297 e. The lowest BCUT2D eigenvalue weighted by atomic mass is 10.2. The predicted octanol–water partition coefficient (Wildman–Crippen LogP) is 2.36. The zero-order chi connectivity index (χ0) is 15.8. The number of hydrogen-bond donors (Lipinski definition) is 0. The third-order valence-electron chi connectivity index (χ3n) is 2.72. The molecule has 0 unspecified atom stereocenters. The summed E-state index contributed by atoms with van der Waals surface area (Å²) >= 11 is 0. The highest BCUT2D eigenvalue weighted by Crippen LogP contribution is 2.21. The van der Waals surface area contributed by atoms with Crippen LogP contribution in [0.4, 0.5) is 0 Å². The van der Waals surface area contributed by atoms with Gasteiger partial charge < -0.3 is 14.2 Å². The van der Waals surface area contributed by atoms with Crippen LogP contribution in [0.3, 0.4) is 0 Å². The Kier molecular flexibility index (Phi) is 7.31. The highest BCUT2D eigenvalue weighted by atomic mass is 32.2. The molecule has 0 atom stereocenters. The molecule has 0 N–H and O–H groups in total. The van der Waals surface area contributed by atoms with Crippen LogP contribution < -0.4 is 0 Å². The Bertz CT molecular complexity index is 481. The number of hydrogen-bond acceptors (Lipinski definition) is 5. The molecule has 0 aliphatic heterocycles. The predicted molar refractivity (Wildman–Crippen MR) is 81.5 cm³/mol. The Balaban J connectivity index is 2.89. The van der Waals surface area contributed by atoms with Crippen molar-refractivity contribution in [1.29, 1.82) is 0 Å². The largest absolute Gasteiger partial charge is 0.327 e. The first-order chi connectivity index (χ1) is 9.97. The molecule has 0 aliphatic rings. The van der Waals surface area contributed by atoms with Crippen molar-refractivity contribution in [3.8, 4) is 0 Å². The van der Waals surface area contributed by atoms with E-state index in [-0.39, 0.29) is 11.5 Å². The maximum atomic E-state index is 12.4. The van der Waals surface area contributed by atoms with Gasteiger partial charge in [-0.3, -0.25) is 0 Å². The Labute approximate surface area is 127 Å². The molecule has 0 radical (unpaired) electrons. The van der Waals surface area contributed by atoms with E-state index in [9.17, 15) is 8.42 Å². The van der Waals surface area contributed by atoms with Gasteiger partial charge in [0.15, 0.2) is 9.84 Å². The Hall–Kier alpha value is -0.950. The van der Waals surface area contributed by atoms with Crippen molar-refractivity contribution in [3.05, 3.63) is 35.9 Å². The summed E-state index contributed by atoms with van der Waals surface area (Å²) in [5, 5.41) is 0. The van der Waals surface area contributed by atoms with Crippen molar-refractivity contribution in [3.63, 3.8) is 0 Å². The minimum absolute atomic E-state index is 0.0667. The van der Waals surface area contributed by atoms with Gasteiger partial charge in [-0.25, -0.2) is 8.42 Å². The first-order valence-corrected chi connectivity index (χ1v) is 8.95. The summed E-state index contributed by atoms with van der Waals surface area (Å²) in [5.41, 5.74) is 0.732. The fourth-order valence-corrected chi connectivity index (χ4v) is 3.65. The smallest absolute Gasteiger partial charge is 0.297 e. The first-order valence-electron chi connectivity index (χ1n) is 7.13. The normalized spacial score (nSPS) is 12.5. The molecular formula is C15H24O5S. The van der Waals surface area contributed by atoms with Crippen molar-refractivity contribution in [2.45, 2.75) is 32.5 Å². The molecule has 120 valence electrons. The van der Waals surface area contributed by atoms with Crippen molar-refractivity contribution in [2.24, 2.45) is 0 Å². The number of sulfone groups is 1. The lowest BCUT2D eigenvalue weighted by molar-refractivity contribution is -0.363. The quantitative estimate of drug-likeness (QED) is 0.620. The summed E-state index contributed by atoms with van der Waals surface area (Å²) in [5.74, 6) is -1.92. The van der Waals surface area contributed by atoms with Gasteiger partial charge in [0.2, 0.25) is 0 Å². The molecule has 0 fully saturated rings. The van der Waals surface area contributed by atoms with Crippen LogP contribution in [0.15, 0.2) is 30.3 Å². The molecule has 0 aromatic heterocycles. The van der Waals surface area contributed by atoms with Crippen LogP contribution in [0.1, 0.15) is 26.3 Å². The van der Waals surface area contributed by atoms with E-state index in [1.54, 1.807) is 32.9 Å². The van der Waals surface area contributed by atoms with E-state index in [0.717, 1.165) is 5.56 Å². The van der Waals surface area contributed by atoms with E-state index in [2.05, 4.69) is 0 Å². The molecule has 0 saturated heterocycles. The van der Waals surface area contributed by atoms with Crippen LogP contribution in [-0.2, 0) is 29.8 Å². The topological polar surface area (TPSA) is 61.8 Å². The maximum absolute atomic E-state index is 12.4. The average molecular weight is 316 g/mol. The van der Waals surface area contributed by atoms with Gasteiger partial charge in [0, 0.05) is 19.8 Å². The van der Waals surface area contributed by atoms with Gasteiger partial charge in [-0.2, -0.15) is 0 Å². The minimum Gasteiger partial charge on any atom is -0.327 e. The summed E-state index contributed by atoms with van der Waals surface area (Å²) in [4.78, 5) is 0. The third kappa shape index (κ3) is 6.13. The van der Waals surface area contributed by atoms with Gasteiger partial charge in [0.1, 0.15) is 5.75 Å². The highest BCUT2D eigenvalue weighted by molar-refractivity contribution is 7.90. The van der Waals surface area contributed by atoms with Gasteiger partial charge in [0.25, 0.3) is 5.97 Å². The molecule has 1 rings (SSSR count). The molecule has 0 spiro atoms. The van der Waals surface area contributed by atoms with Crippen molar-refractivity contribution >= 4 is 9.84 Å². The third-order valence-corrected chi connectivity index (χ3v) is 4.29. The van der Waals surface area contributed by atoms with Crippen LogP contribution >= 0.6 is 0 Å². The zero-order valence-electron chi connectivity index (χ0n) is 12.9. The molecule has 0 aliphatic carbocycles. The summed E-state index contributed by atoms with van der Waals surface area (Å²) in [6.45, 7) is 6.24. The Morgan fingerprint density at radius 3 is 1.81 bits per heavy atom.